The van der Waals surface area contributed by atoms with Crippen LogP contribution >= 0.6 is 11.6 Å². The number of amides is 1. The van der Waals surface area contributed by atoms with Crippen molar-refractivity contribution < 1.29 is 4.79 Å². The maximum absolute atomic E-state index is 12.7. The van der Waals surface area contributed by atoms with E-state index in [0.29, 0.717) is 22.5 Å². The lowest BCUT2D eigenvalue weighted by Gasteiger charge is -2.37. The third kappa shape index (κ3) is 2.93. The van der Waals surface area contributed by atoms with Gasteiger partial charge in [0.1, 0.15) is 17.2 Å². The van der Waals surface area contributed by atoms with Gasteiger partial charge in [0, 0.05) is 37.8 Å². The van der Waals surface area contributed by atoms with Gasteiger partial charge in [-0.2, -0.15) is 0 Å². The fourth-order valence-electron chi connectivity index (χ4n) is 4.80. The number of carbonyl (C=O) groups is 1. The van der Waals surface area contributed by atoms with E-state index in [1.807, 2.05) is 11.8 Å². The second kappa shape index (κ2) is 6.60. The Morgan fingerprint density at radius 3 is 2.46 bits per heavy atom. The van der Waals surface area contributed by atoms with Crippen LogP contribution in [0.25, 0.3) is 0 Å². The molecule has 24 heavy (non-hydrogen) atoms. The molecule has 6 heteroatoms. The number of carbonyl (C=O) groups excluding carboxylic acids is 1. The molecule has 3 heterocycles. The predicted molar refractivity (Wildman–Crippen MR) is 93.1 cm³/mol. The average Bonchev–Trinajstić information content (AvgIpc) is 3.19. The molecule has 0 bridgehead atoms. The Balaban J connectivity index is 1.36. The van der Waals surface area contributed by atoms with Crippen molar-refractivity contribution in [2.75, 3.05) is 26.2 Å². The molecule has 1 amide bonds. The molecule has 1 saturated carbocycles. The number of hydrogen-bond acceptors (Lipinski definition) is 4. The molecule has 2 aliphatic heterocycles. The Morgan fingerprint density at radius 2 is 1.79 bits per heavy atom. The summed E-state index contributed by atoms with van der Waals surface area (Å²) in [6.07, 6.45) is 7.79. The van der Waals surface area contributed by atoms with E-state index in [0.717, 1.165) is 37.8 Å². The van der Waals surface area contributed by atoms with Crippen LogP contribution in [0.15, 0.2) is 6.33 Å². The second-order valence-corrected chi connectivity index (χ2v) is 7.92. The Kier molecular flexibility index (Phi) is 4.48. The summed E-state index contributed by atoms with van der Waals surface area (Å²) in [5, 5.41) is 0.367. The highest BCUT2D eigenvalue weighted by atomic mass is 35.5. The van der Waals surface area contributed by atoms with Crippen LogP contribution in [0.3, 0.4) is 0 Å². The van der Waals surface area contributed by atoms with E-state index in [1.165, 1.54) is 38.7 Å². The Labute approximate surface area is 148 Å². The Morgan fingerprint density at radius 1 is 1.12 bits per heavy atom. The summed E-state index contributed by atoms with van der Waals surface area (Å²) in [6, 6.07) is 0.648. The molecule has 3 fully saturated rings. The maximum atomic E-state index is 12.7. The lowest BCUT2D eigenvalue weighted by molar-refractivity contribution is 0.0630. The first-order valence-electron chi connectivity index (χ1n) is 9.14. The van der Waals surface area contributed by atoms with Crippen LogP contribution in [0, 0.1) is 18.8 Å². The van der Waals surface area contributed by atoms with Crippen molar-refractivity contribution in [2.24, 2.45) is 11.8 Å². The third-order valence-electron chi connectivity index (χ3n) is 6.25. The van der Waals surface area contributed by atoms with E-state index >= 15 is 0 Å². The SMILES string of the molecule is Cc1c(Cl)ncnc1C(=O)N1CCC(N2CC3CCCC3C2)CC1. The molecule has 3 aliphatic rings. The van der Waals surface area contributed by atoms with Gasteiger partial charge in [-0.05, 0) is 44.4 Å². The van der Waals surface area contributed by atoms with Gasteiger partial charge < -0.3 is 4.90 Å². The van der Waals surface area contributed by atoms with E-state index in [4.69, 9.17) is 11.6 Å². The fourth-order valence-corrected chi connectivity index (χ4v) is 4.93. The number of hydrogen-bond donors (Lipinski definition) is 0. The number of aromatic nitrogens is 2. The number of rotatable bonds is 2. The zero-order valence-corrected chi connectivity index (χ0v) is 15.0. The summed E-state index contributed by atoms with van der Waals surface area (Å²) in [6.45, 7) is 6.01. The summed E-state index contributed by atoms with van der Waals surface area (Å²) < 4.78 is 0. The molecule has 2 saturated heterocycles. The summed E-state index contributed by atoms with van der Waals surface area (Å²) in [7, 11) is 0. The Bertz CT molecular complexity index is 617. The number of halogens is 1. The van der Waals surface area contributed by atoms with E-state index in [1.54, 1.807) is 0 Å². The Hall–Kier alpha value is -1.20. The summed E-state index contributed by atoms with van der Waals surface area (Å²) >= 11 is 6.02. The van der Waals surface area contributed by atoms with E-state index in [-0.39, 0.29) is 5.91 Å². The van der Waals surface area contributed by atoms with Crippen molar-refractivity contribution in [1.29, 1.82) is 0 Å². The molecule has 0 spiro atoms. The minimum atomic E-state index is -0.00598. The molecular formula is C18H25ClN4O. The van der Waals surface area contributed by atoms with Crippen LogP contribution in [0.4, 0.5) is 0 Å². The lowest BCUT2D eigenvalue weighted by atomic mass is 10.0. The van der Waals surface area contributed by atoms with Gasteiger partial charge >= 0.3 is 0 Å². The van der Waals surface area contributed by atoms with E-state index in [9.17, 15) is 4.79 Å². The number of fused-ring (bicyclic) bond motifs is 1. The number of likely N-dealkylation sites (tertiary alicyclic amines) is 2. The molecule has 0 radical (unpaired) electrons. The molecule has 1 aliphatic carbocycles. The van der Waals surface area contributed by atoms with E-state index < -0.39 is 0 Å². The van der Waals surface area contributed by atoms with Gasteiger partial charge in [0.15, 0.2) is 0 Å². The molecule has 4 rings (SSSR count). The molecular weight excluding hydrogens is 324 g/mol. The van der Waals surface area contributed by atoms with Crippen LogP contribution in [0.5, 0.6) is 0 Å². The standard InChI is InChI=1S/C18H25ClN4O/c1-12-16(20-11-21-17(12)19)18(24)22-7-5-15(6-8-22)23-9-13-3-2-4-14(13)10-23/h11,13-15H,2-10H2,1H3. The van der Waals surface area contributed by atoms with Crippen LogP contribution in [0.1, 0.15) is 48.2 Å². The first-order chi connectivity index (χ1) is 11.6. The van der Waals surface area contributed by atoms with Gasteiger partial charge in [0.05, 0.1) is 0 Å². The highest BCUT2D eigenvalue weighted by Crippen LogP contribution is 2.39. The van der Waals surface area contributed by atoms with Gasteiger partial charge in [0.25, 0.3) is 5.91 Å². The number of piperidine rings is 1. The highest BCUT2D eigenvalue weighted by molar-refractivity contribution is 6.30. The minimum absolute atomic E-state index is 0.00598. The predicted octanol–water partition coefficient (Wildman–Crippen LogP) is 2.77. The molecule has 5 nitrogen and oxygen atoms in total. The largest absolute Gasteiger partial charge is 0.337 e. The van der Waals surface area contributed by atoms with Crippen LogP contribution in [0.2, 0.25) is 5.15 Å². The summed E-state index contributed by atoms with van der Waals surface area (Å²) in [5.74, 6) is 1.87. The zero-order chi connectivity index (χ0) is 16.7. The molecule has 1 aromatic rings. The quantitative estimate of drug-likeness (QED) is 0.771. The van der Waals surface area contributed by atoms with Gasteiger partial charge in [-0.1, -0.05) is 18.0 Å². The summed E-state index contributed by atoms with van der Waals surface area (Å²) in [4.78, 5) is 25.4. The van der Waals surface area contributed by atoms with Crippen LogP contribution in [-0.2, 0) is 0 Å². The van der Waals surface area contributed by atoms with Crippen molar-refractivity contribution >= 4 is 17.5 Å². The molecule has 2 unspecified atom stereocenters. The molecule has 130 valence electrons. The van der Waals surface area contributed by atoms with Crippen molar-refractivity contribution in [3.63, 3.8) is 0 Å². The first-order valence-corrected chi connectivity index (χ1v) is 9.51. The van der Waals surface area contributed by atoms with Gasteiger partial charge in [-0.15, -0.1) is 0 Å². The molecule has 0 aromatic carbocycles. The van der Waals surface area contributed by atoms with Crippen molar-refractivity contribution in [3.8, 4) is 0 Å². The van der Waals surface area contributed by atoms with Crippen molar-refractivity contribution in [1.82, 2.24) is 19.8 Å². The van der Waals surface area contributed by atoms with Gasteiger partial charge in [-0.25, -0.2) is 9.97 Å². The van der Waals surface area contributed by atoms with E-state index in [2.05, 4.69) is 14.9 Å². The third-order valence-corrected chi connectivity index (χ3v) is 6.63. The first kappa shape index (κ1) is 16.3. The highest BCUT2D eigenvalue weighted by Gasteiger charge is 2.39. The van der Waals surface area contributed by atoms with Crippen molar-refractivity contribution in [2.45, 2.75) is 45.1 Å². The van der Waals surface area contributed by atoms with Crippen LogP contribution < -0.4 is 0 Å². The van der Waals surface area contributed by atoms with Crippen LogP contribution in [-0.4, -0.2) is 57.9 Å². The smallest absolute Gasteiger partial charge is 0.272 e. The van der Waals surface area contributed by atoms with Gasteiger partial charge in [0.2, 0.25) is 0 Å². The zero-order valence-electron chi connectivity index (χ0n) is 14.2. The van der Waals surface area contributed by atoms with Crippen molar-refractivity contribution in [3.05, 3.63) is 22.7 Å². The normalized spacial score (nSPS) is 28.3. The topological polar surface area (TPSA) is 49.3 Å². The lowest BCUT2D eigenvalue weighted by Crippen LogP contribution is -2.46. The minimum Gasteiger partial charge on any atom is -0.337 e. The molecule has 0 N–H and O–H groups in total. The number of nitrogens with zero attached hydrogens (tertiary/aromatic N) is 4. The van der Waals surface area contributed by atoms with Gasteiger partial charge in [-0.3, -0.25) is 9.69 Å². The fraction of sp³-hybridized carbons (Fsp3) is 0.722. The monoisotopic (exact) mass is 348 g/mol. The maximum Gasteiger partial charge on any atom is 0.272 e. The second-order valence-electron chi connectivity index (χ2n) is 7.57. The molecule has 1 aromatic heterocycles. The average molecular weight is 349 g/mol. The molecule has 2 atom stereocenters. The summed E-state index contributed by atoms with van der Waals surface area (Å²) in [5.41, 5.74) is 1.13.